The molecule has 5 heteroatoms. The van der Waals surface area contributed by atoms with Crippen molar-refractivity contribution in [3.8, 4) is 0 Å². The molecule has 1 aromatic rings. The first-order valence-electron chi connectivity index (χ1n) is 7.02. The highest BCUT2D eigenvalue weighted by Gasteiger charge is 2.20. The van der Waals surface area contributed by atoms with E-state index in [2.05, 4.69) is 22.2 Å². The van der Waals surface area contributed by atoms with Gasteiger partial charge in [0.25, 0.3) is 5.56 Å². The predicted octanol–water partition coefficient (Wildman–Crippen LogP) is 2.12. The van der Waals surface area contributed by atoms with E-state index in [9.17, 15) is 4.79 Å². The largest absolute Gasteiger partial charge is 0.381 e. The van der Waals surface area contributed by atoms with E-state index in [0.717, 1.165) is 31.9 Å². The van der Waals surface area contributed by atoms with Crippen molar-refractivity contribution in [1.29, 1.82) is 0 Å². The van der Waals surface area contributed by atoms with Gasteiger partial charge >= 0.3 is 0 Å². The third-order valence-electron chi connectivity index (χ3n) is 3.66. The molecule has 0 aliphatic carbocycles. The Kier molecular flexibility index (Phi) is 4.58. The molecule has 1 unspecified atom stereocenters. The summed E-state index contributed by atoms with van der Waals surface area (Å²) in [6.45, 7) is 7.84. The predicted molar refractivity (Wildman–Crippen MR) is 75.6 cm³/mol. The van der Waals surface area contributed by atoms with E-state index in [1.807, 2.05) is 13.8 Å². The summed E-state index contributed by atoms with van der Waals surface area (Å²) in [6.07, 6.45) is 2.13. The maximum Gasteiger partial charge on any atom is 0.252 e. The average Bonchev–Trinajstić information content (AvgIpc) is 2.39. The molecule has 1 aliphatic heterocycles. The Morgan fingerprint density at radius 3 is 2.68 bits per heavy atom. The van der Waals surface area contributed by atoms with Crippen molar-refractivity contribution in [2.45, 2.75) is 45.6 Å². The lowest BCUT2D eigenvalue weighted by Gasteiger charge is -2.28. The molecule has 19 heavy (non-hydrogen) atoms. The zero-order chi connectivity index (χ0) is 13.8. The molecule has 0 radical (unpaired) electrons. The van der Waals surface area contributed by atoms with Gasteiger partial charge in [0.1, 0.15) is 11.6 Å². The van der Waals surface area contributed by atoms with Crippen molar-refractivity contribution >= 4 is 5.82 Å². The first-order chi connectivity index (χ1) is 9.06. The molecule has 0 aromatic carbocycles. The number of anilines is 1. The molecular weight excluding hydrogens is 242 g/mol. The molecular formula is C14H23N3O2. The summed E-state index contributed by atoms with van der Waals surface area (Å²) < 4.78 is 5.37. The van der Waals surface area contributed by atoms with E-state index in [1.54, 1.807) is 0 Å². The summed E-state index contributed by atoms with van der Waals surface area (Å²) in [4.78, 5) is 18.9. The fourth-order valence-electron chi connectivity index (χ4n) is 2.39. The topological polar surface area (TPSA) is 67.0 Å². The third kappa shape index (κ3) is 3.80. The Hall–Kier alpha value is -1.36. The fraction of sp³-hybridized carbons (Fsp3) is 0.714. The van der Waals surface area contributed by atoms with E-state index >= 15 is 0 Å². The van der Waals surface area contributed by atoms with E-state index < -0.39 is 0 Å². The molecule has 0 spiro atoms. The Bertz CT molecular complexity index is 464. The minimum Gasteiger partial charge on any atom is -0.381 e. The summed E-state index contributed by atoms with van der Waals surface area (Å²) in [5.74, 6) is 2.20. The molecule has 1 atom stereocenters. The second kappa shape index (κ2) is 6.19. The normalized spacial score (nSPS) is 18.5. The molecule has 2 heterocycles. The number of nitrogens with zero attached hydrogens (tertiary/aromatic N) is 1. The van der Waals surface area contributed by atoms with Crippen LogP contribution in [0.4, 0.5) is 5.82 Å². The second-order valence-electron chi connectivity index (χ2n) is 5.55. The minimum absolute atomic E-state index is 0.0969. The van der Waals surface area contributed by atoms with E-state index in [4.69, 9.17) is 4.74 Å². The van der Waals surface area contributed by atoms with Gasteiger partial charge in [-0.3, -0.25) is 4.79 Å². The highest BCUT2D eigenvalue weighted by atomic mass is 16.5. The zero-order valence-electron chi connectivity index (χ0n) is 11.9. The number of hydrogen-bond acceptors (Lipinski definition) is 4. The molecule has 0 amide bonds. The van der Waals surface area contributed by atoms with Crippen LogP contribution < -0.4 is 10.9 Å². The quantitative estimate of drug-likeness (QED) is 0.875. The van der Waals surface area contributed by atoms with Crippen molar-refractivity contribution in [1.82, 2.24) is 9.97 Å². The van der Waals surface area contributed by atoms with Crippen LogP contribution in [0.3, 0.4) is 0 Å². The van der Waals surface area contributed by atoms with Gasteiger partial charge in [-0.1, -0.05) is 13.8 Å². The number of hydrogen-bond donors (Lipinski definition) is 2. The van der Waals surface area contributed by atoms with Gasteiger partial charge in [-0.2, -0.15) is 0 Å². The van der Waals surface area contributed by atoms with Gasteiger partial charge in [-0.15, -0.1) is 0 Å². The lowest BCUT2D eigenvalue weighted by atomic mass is 9.93. The van der Waals surface area contributed by atoms with Gasteiger partial charge in [0.05, 0.1) is 0 Å². The summed E-state index contributed by atoms with van der Waals surface area (Å²) in [5.41, 5.74) is -0.0969. The highest BCUT2D eigenvalue weighted by molar-refractivity contribution is 5.34. The number of aromatic nitrogens is 2. The molecule has 1 fully saturated rings. The van der Waals surface area contributed by atoms with E-state index in [1.165, 1.54) is 6.07 Å². The molecule has 2 N–H and O–H groups in total. The number of aromatic amines is 1. The Morgan fingerprint density at radius 2 is 2.05 bits per heavy atom. The number of rotatable bonds is 4. The van der Waals surface area contributed by atoms with Gasteiger partial charge in [0, 0.05) is 31.2 Å². The highest BCUT2D eigenvalue weighted by Crippen LogP contribution is 2.21. The maximum atomic E-state index is 11.6. The van der Waals surface area contributed by atoms with Gasteiger partial charge in [0.15, 0.2) is 0 Å². The van der Waals surface area contributed by atoms with Crippen LogP contribution in [-0.4, -0.2) is 29.2 Å². The Morgan fingerprint density at radius 1 is 1.37 bits per heavy atom. The van der Waals surface area contributed by atoms with E-state index in [-0.39, 0.29) is 11.5 Å². The molecule has 1 saturated heterocycles. The monoisotopic (exact) mass is 265 g/mol. The third-order valence-corrected chi connectivity index (χ3v) is 3.66. The van der Waals surface area contributed by atoms with Gasteiger partial charge in [-0.25, -0.2) is 4.98 Å². The van der Waals surface area contributed by atoms with Crippen LogP contribution >= 0.6 is 0 Å². The average molecular weight is 265 g/mol. The van der Waals surface area contributed by atoms with E-state index in [0.29, 0.717) is 17.8 Å². The number of ether oxygens (including phenoxy) is 1. The first kappa shape index (κ1) is 14.1. The van der Waals surface area contributed by atoms with Crippen LogP contribution in [0, 0.1) is 5.92 Å². The fourth-order valence-corrected chi connectivity index (χ4v) is 2.39. The second-order valence-corrected chi connectivity index (χ2v) is 5.55. The standard InChI is InChI=1S/C14H23N3O2/c1-9(2)14-16-12(8-13(18)17-14)15-10(3)11-4-6-19-7-5-11/h8-11H,4-7H2,1-3H3,(H2,15,16,17,18). The van der Waals surface area contributed by atoms with Gasteiger partial charge < -0.3 is 15.0 Å². The van der Waals surface area contributed by atoms with Crippen molar-refractivity contribution < 1.29 is 4.74 Å². The van der Waals surface area contributed by atoms with Crippen LogP contribution in [0.5, 0.6) is 0 Å². The van der Waals surface area contributed by atoms with Crippen molar-refractivity contribution in [3.63, 3.8) is 0 Å². The molecule has 1 aliphatic rings. The molecule has 5 nitrogen and oxygen atoms in total. The van der Waals surface area contributed by atoms with Crippen LogP contribution in [-0.2, 0) is 4.74 Å². The molecule has 1 aromatic heterocycles. The SMILES string of the molecule is CC(C)c1nc(NC(C)C2CCOCC2)cc(=O)[nH]1. The van der Waals surface area contributed by atoms with Crippen molar-refractivity contribution in [2.75, 3.05) is 18.5 Å². The maximum absolute atomic E-state index is 11.6. The zero-order valence-corrected chi connectivity index (χ0v) is 11.9. The lowest BCUT2D eigenvalue weighted by molar-refractivity contribution is 0.0622. The van der Waals surface area contributed by atoms with Crippen LogP contribution in [0.1, 0.15) is 45.4 Å². The Labute approximate surface area is 113 Å². The molecule has 0 bridgehead atoms. The smallest absolute Gasteiger partial charge is 0.252 e. The summed E-state index contributed by atoms with van der Waals surface area (Å²) in [7, 11) is 0. The van der Waals surface area contributed by atoms with Gasteiger partial charge in [0.2, 0.25) is 0 Å². The Balaban J connectivity index is 2.07. The molecule has 106 valence electrons. The molecule has 0 saturated carbocycles. The van der Waals surface area contributed by atoms with Crippen LogP contribution in [0.25, 0.3) is 0 Å². The number of H-pyrrole nitrogens is 1. The van der Waals surface area contributed by atoms with Crippen molar-refractivity contribution in [2.24, 2.45) is 5.92 Å². The van der Waals surface area contributed by atoms with Gasteiger partial charge in [-0.05, 0) is 25.7 Å². The summed E-state index contributed by atoms with van der Waals surface area (Å²) in [5, 5.41) is 3.36. The van der Waals surface area contributed by atoms with Crippen molar-refractivity contribution in [3.05, 3.63) is 22.2 Å². The lowest BCUT2D eigenvalue weighted by Crippen LogP contribution is -2.32. The van der Waals surface area contributed by atoms with Crippen LogP contribution in [0.15, 0.2) is 10.9 Å². The summed E-state index contributed by atoms with van der Waals surface area (Å²) in [6, 6.07) is 1.83. The number of nitrogens with one attached hydrogen (secondary N) is 2. The summed E-state index contributed by atoms with van der Waals surface area (Å²) >= 11 is 0. The van der Waals surface area contributed by atoms with Crippen LogP contribution in [0.2, 0.25) is 0 Å². The first-order valence-corrected chi connectivity index (χ1v) is 7.02. The minimum atomic E-state index is -0.0969. The molecule has 2 rings (SSSR count).